The van der Waals surface area contributed by atoms with E-state index in [-0.39, 0.29) is 65.6 Å². The van der Waals surface area contributed by atoms with Gasteiger partial charge in [-0.1, -0.05) is 45.0 Å². The van der Waals surface area contributed by atoms with Gasteiger partial charge in [0.25, 0.3) is 15.9 Å². The van der Waals surface area contributed by atoms with Gasteiger partial charge in [-0.2, -0.15) is 4.98 Å². The third-order valence-corrected chi connectivity index (χ3v) is 9.87. The summed E-state index contributed by atoms with van der Waals surface area (Å²) in [5, 5.41) is 0. The number of carbonyl (C=O) groups is 2. The number of methoxy groups -OCH3 is 1. The van der Waals surface area contributed by atoms with Gasteiger partial charge in [0.05, 0.1) is 23.7 Å². The Balaban J connectivity index is 0.00000480. The number of fused-ring (bicyclic) bond motifs is 4. The number of esters is 1. The van der Waals surface area contributed by atoms with Crippen LogP contribution >= 0.6 is 0 Å². The van der Waals surface area contributed by atoms with Crippen molar-refractivity contribution in [1.82, 2.24) is 14.9 Å². The molecule has 1 aromatic heterocycles. The van der Waals surface area contributed by atoms with Crippen molar-refractivity contribution < 1.29 is 28.9 Å². The Morgan fingerprint density at radius 2 is 1.78 bits per heavy atom. The zero-order valence-electron chi connectivity index (χ0n) is 26.8. The Hall–Kier alpha value is -3.99. The minimum Gasteiger partial charge on any atom is -0.475 e. The molecular formula is C34H44N4O6S. The molecular weight excluding hydrogens is 592 g/mol. The van der Waals surface area contributed by atoms with Crippen LogP contribution in [0.5, 0.6) is 5.88 Å². The van der Waals surface area contributed by atoms with Crippen molar-refractivity contribution in [3.63, 3.8) is 0 Å². The van der Waals surface area contributed by atoms with E-state index in [1.165, 1.54) is 19.2 Å². The number of sulfonamides is 1. The van der Waals surface area contributed by atoms with Crippen LogP contribution in [0.25, 0.3) is 11.3 Å². The highest BCUT2D eigenvalue weighted by molar-refractivity contribution is 7.92. The number of aryl methyl sites for hydroxylation is 2. The van der Waals surface area contributed by atoms with Gasteiger partial charge in [0.2, 0.25) is 11.8 Å². The number of hydrogen-bond donors (Lipinski definition) is 1. The third-order valence-electron chi connectivity index (χ3n) is 8.54. The SMILES string of the molecule is COC(=O)CCC1CC(N2C(=O)c3cccc(c3)S(=O)(=O)Nc3nc(cc(-c4c(C)cccc4C)n3)OC[C@H]2CC(C)(C)C)C1.[HH]. The maximum atomic E-state index is 14.3. The van der Waals surface area contributed by atoms with Crippen molar-refractivity contribution in [2.45, 2.75) is 83.7 Å². The smallest absolute Gasteiger partial charge is 0.305 e. The Labute approximate surface area is 267 Å². The number of rotatable bonds is 6. The highest BCUT2D eigenvalue weighted by Crippen LogP contribution is 2.39. The maximum absolute atomic E-state index is 14.3. The van der Waals surface area contributed by atoms with Crippen LogP contribution in [0.2, 0.25) is 0 Å². The maximum Gasteiger partial charge on any atom is 0.305 e. The van der Waals surface area contributed by atoms with Crippen LogP contribution < -0.4 is 9.46 Å². The first-order chi connectivity index (χ1) is 21.2. The molecule has 242 valence electrons. The van der Waals surface area contributed by atoms with Gasteiger partial charge in [0.1, 0.15) is 6.61 Å². The summed E-state index contributed by atoms with van der Waals surface area (Å²) in [5.74, 6) is -0.121. The molecule has 5 rings (SSSR count). The minimum atomic E-state index is -4.14. The van der Waals surface area contributed by atoms with E-state index in [1.807, 2.05) is 36.9 Å². The van der Waals surface area contributed by atoms with Gasteiger partial charge in [-0.05, 0) is 80.2 Å². The molecule has 1 amide bonds. The second-order valence-corrected chi connectivity index (χ2v) is 15.0. The van der Waals surface area contributed by atoms with Crippen molar-refractivity contribution in [2.75, 3.05) is 18.4 Å². The topological polar surface area (TPSA) is 128 Å². The number of nitrogens with zero attached hydrogens (tertiary/aromatic N) is 3. The molecule has 1 fully saturated rings. The van der Waals surface area contributed by atoms with Crippen LogP contribution in [-0.4, -0.2) is 61.0 Å². The third kappa shape index (κ3) is 7.46. The van der Waals surface area contributed by atoms with Crippen LogP contribution in [0, 0.1) is 25.2 Å². The standard InChI is InChI=1S/C34H42N4O6S.H2/c1-21-9-7-10-22(2)31(21)28-18-29-36-33(35-28)37-45(41,42)27-12-8-11-24(17-27)32(40)38(26(20-44-29)19-34(3,4)5)25-15-23(16-25)13-14-30(39)43-6;/h7-12,17-18,23,25-26H,13-16,19-20H2,1-6H3,(H,35,36,37);1H/t23?,25?,26-;/m1./s1. The molecule has 2 aliphatic rings. The lowest BCUT2D eigenvalue weighted by atomic mass is 9.75. The molecule has 11 heteroatoms. The summed E-state index contributed by atoms with van der Waals surface area (Å²) in [7, 11) is -2.76. The number of benzene rings is 2. The largest absolute Gasteiger partial charge is 0.475 e. The molecule has 1 saturated carbocycles. The predicted octanol–water partition coefficient (Wildman–Crippen LogP) is 6.18. The molecule has 1 atom stereocenters. The Morgan fingerprint density at radius 1 is 1.09 bits per heavy atom. The summed E-state index contributed by atoms with van der Waals surface area (Å²) < 4.78 is 40.9. The van der Waals surface area contributed by atoms with E-state index in [0.717, 1.165) is 29.5 Å². The summed E-state index contributed by atoms with van der Waals surface area (Å²) in [5.41, 5.74) is 3.48. The van der Waals surface area contributed by atoms with E-state index >= 15 is 0 Å². The van der Waals surface area contributed by atoms with E-state index in [1.54, 1.807) is 18.2 Å². The predicted molar refractivity (Wildman–Crippen MR) is 174 cm³/mol. The average molecular weight is 637 g/mol. The van der Waals surface area contributed by atoms with Crippen LogP contribution in [0.4, 0.5) is 5.95 Å². The number of aromatic nitrogens is 2. The molecule has 0 radical (unpaired) electrons. The molecule has 2 heterocycles. The quantitative estimate of drug-likeness (QED) is 0.318. The van der Waals surface area contributed by atoms with Crippen LogP contribution in [0.1, 0.15) is 75.8 Å². The monoisotopic (exact) mass is 636 g/mol. The Bertz CT molecular complexity index is 1680. The van der Waals surface area contributed by atoms with Crippen molar-refractivity contribution in [3.05, 3.63) is 65.2 Å². The van der Waals surface area contributed by atoms with Gasteiger partial charge in [0.15, 0.2) is 0 Å². The number of nitrogens with one attached hydrogen (secondary N) is 1. The molecule has 2 aromatic carbocycles. The summed E-state index contributed by atoms with van der Waals surface area (Å²) >= 11 is 0. The second-order valence-electron chi connectivity index (χ2n) is 13.4. The van der Waals surface area contributed by atoms with Gasteiger partial charge in [0, 0.05) is 31.1 Å². The fourth-order valence-electron chi connectivity index (χ4n) is 6.36. The summed E-state index contributed by atoms with van der Waals surface area (Å²) in [6, 6.07) is 13.3. The van der Waals surface area contributed by atoms with Crippen molar-refractivity contribution in [2.24, 2.45) is 11.3 Å². The van der Waals surface area contributed by atoms with E-state index in [9.17, 15) is 18.0 Å². The summed E-state index contributed by atoms with van der Waals surface area (Å²) in [6.07, 6.45) is 3.13. The highest BCUT2D eigenvalue weighted by Gasteiger charge is 2.41. The van der Waals surface area contributed by atoms with Gasteiger partial charge >= 0.3 is 5.97 Å². The molecule has 4 bridgehead atoms. The lowest BCUT2D eigenvalue weighted by Crippen LogP contribution is -2.55. The zero-order chi connectivity index (χ0) is 32.5. The van der Waals surface area contributed by atoms with Crippen molar-refractivity contribution in [1.29, 1.82) is 0 Å². The van der Waals surface area contributed by atoms with Crippen molar-refractivity contribution >= 4 is 27.8 Å². The van der Waals surface area contributed by atoms with Crippen molar-refractivity contribution in [3.8, 4) is 17.1 Å². The summed E-state index contributed by atoms with van der Waals surface area (Å²) in [6.45, 7) is 10.5. The molecule has 10 nitrogen and oxygen atoms in total. The van der Waals surface area contributed by atoms with Gasteiger partial charge in [-0.3, -0.25) is 9.59 Å². The fraction of sp³-hybridized carbons (Fsp3) is 0.471. The molecule has 3 aromatic rings. The first-order valence-corrected chi connectivity index (χ1v) is 16.8. The van der Waals surface area contributed by atoms with Gasteiger partial charge in [-0.25, -0.2) is 18.1 Å². The normalized spacial score (nSPS) is 21.2. The van der Waals surface area contributed by atoms with Crippen LogP contribution in [0.15, 0.2) is 53.4 Å². The number of hydrogen-bond acceptors (Lipinski definition) is 8. The Morgan fingerprint density at radius 3 is 2.44 bits per heavy atom. The van der Waals surface area contributed by atoms with Crippen LogP contribution in [-0.2, 0) is 19.6 Å². The van der Waals surface area contributed by atoms with E-state index in [2.05, 4.69) is 35.5 Å². The lowest BCUT2D eigenvalue weighted by Gasteiger charge is -2.47. The van der Waals surface area contributed by atoms with E-state index in [0.29, 0.717) is 25.0 Å². The lowest BCUT2D eigenvalue weighted by molar-refractivity contribution is -0.141. The van der Waals surface area contributed by atoms with Crippen LogP contribution in [0.3, 0.4) is 0 Å². The highest BCUT2D eigenvalue weighted by atomic mass is 32.2. The fourth-order valence-corrected chi connectivity index (χ4v) is 7.35. The van der Waals surface area contributed by atoms with E-state index < -0.39 is 10.0 Å². The number of carbonyl (C=O) groups excluding carboxylic acids is 2. The van der Waals surface area contributed by atoms with E-state index in [4.69, 9.17) is 9.47 Å². The minimum absolute atomic E-state index is 0. The zero-order valence-corrected chi connectivity index (χ0v) is 27.6. The summed E-state index contributed by atoms with van der Waals surface area (Å²) in [4.78, 5) is 37.0. The molecule has 0 saturated heterocycles. The number of ether oxygens (including phenoxy) is 2. The molecule has 45 heavy (non-hydrogen) atoms. The first-order valence-electron chi connectivity index (χ1n) is 15.3. The van der Waals surface area contributed by atoms with Gasteiger partial charge in [-0.15, -0.1) is 0 Å². The molecule has 1 aliphatic carbocycles. The number of anilines is 1. The van der Waals surface area contributed by atoms with Gasteiger partial charge < -0.3 is 14.4 Å². The molecule has 0 unspecified atom stereocenters. The second kappa shape index (κ2) is 12.8. The molecule has 0 spiro atoms. The number of amides is 1. The molecule has 1 aliphatic heterocycles. The average Bonchev–Trinajstić information content (AvgIpc) is 2.95. The first kappa shape index (κ1) is 32.4. The molecule has 1 N–H and O–H groups in total. The Kier molecular flexibility index (Phi) is 9.21.